The Morgan fingerprint density at radius 1 is 1.14 bits per heavy atom. The summed E-state index contributed by atoms with van der Waals surface area (Å²) in [6, 6.07) is 0. The van der Waals surface area contributed by atoms with E-state index in [1.807, 2.05) is 0 Å². The molecule has 0 aliphatic heterocycles. The van der Waals surface area contributed by atoms with E-state index in [1.165, 1.54) is 22.3 Å². The van der Waals surface area contributed by atoms with E-state index in [0.717, 1.165) is 6.42 Å². The SMILES string of the molecule is CC1=CC(C)(C2=[C-]CC([SiH](C)C)=C2C(C)(C)C)C(C)=C1C.[Zr]. The van der Waals surface area contributed by atoms with E-state index in [9.17, 15) is 0 Å². The van der Waals surface area contributed by atoms with Gasteiger partial charge in [-0.25, -0.2) is 5.57 Å². The number of allylic oxidation sites excluding steroid dienone is 8. The summed E-state index contributed by atoms with van der Waals surface area (Å²) in [5.74, 6) is 0. The van der Waals surface area contributed by atoms with Crippen LogP contribution >= 0.6 is 0 Å². The third-order valence-corrected chi connectivity index (χ3v) is 7.32. The van der Waals surface area contributed by atoms with E-state index in [4.69, 9.17) is 0 Å². The summed E-state index contributed by atoms with van der Waals surface area (Å²) in [4.78, 5) is 0. The molecule has 120 valence electrons. The van der Waals surface area contributed by atoms with E-state index >= 15 is 0 Å². The fourth-order valence-corrected chi connectivity index (χ4v) is 5.57. The van der Waals surface area contributed by atoms with Gasteiger partial charge in [0.05, 0.1) is 0 Å². The van der Waals surface area contributed by atoms with E-state index in [0.29, 0.717) is 0 Å². The topological polar surface area (TPSA) is 0 Å². The Kier molecular flexibility index (Phi) is 5.96. The fourth-order valence-electron chi connectivity index (χ4n) is 3.91. The molecule has 0 aromatic carbocycles. The summed E-state index contributed by atoms with van der Waals surface area (Å²) >= 11 is 0. The first-order chi connectivity index (χ1) is 9.50. The molecule has 0 saturated carbocycles. The second kappa shape index (κ2) is 6.52. The molecular weight excluding hydrogens is 360 g/mol. The van der Waals surface area contributed by atoms with Gasteiger partial charge in [0.25, 0.3) is 0 Å². The molecular formula is C20H31SiZr-. The minimum Gasteiger partial charge on any atom is -0.268 e. The predicted molar refractivity (Wildman–Crippen MR) is 97.0 cm³/mol. The zero-order chi connectivity index (χ0) is 16.2. The summed E-state index contributed by atoms with van der Waals surface area (Å²) in [6.07, 6.45) is 7.34. The summed E-state index contributed by atoms with van der Waals surface area (Å²) in [5.41, 5.74) is 7.78. The van der Waals surface area contributed by atoms with Crippen LogP contribution in [0.1, 0.15) is 54.9 Å². The molecule has 0 bridgehead atoms. The van der Waals surface area contributed by atoms with Gasteiger partial charge in [-0.15, -0.1) is 6.42 Å². The Labute approximate surface area is 158 Å². The van der Waals surface area contributed by atoms with Crippen molar-refractivity contribution in [1.29, 1.82) is 0 Å². The fraction of sp³-hybridized carbons (Fsp3) is 0.600. The standard InChI is InChI=1S/C20H31Si.Zr/c1-13-12-20(7,15(3)14(13)2)16-10-11-17(21(8)9)18(16)19(4,5)6;/h12,21H,11H2,1-9H3;/q-1;. The van der Waals surface area contributed by atoms with Crippen LogP contribution in [-0.4, -0.2) is 8.80 Å². The van der Waals surface area contributed by atoms with Crippen LogP contribution in [0.5, 0.6) is 0 Å². The molecule has 2 heteroatoms. The molecule has 0 amide bonds. The molecule has 0 nitrogen and oxygen atoms in total. The quantitative estimate of drug-likeness (QED) is 0.413. The van der Waals surface area contributed by atoms with E-state index in [-0.39, 0.29) is 37.0 Å². The van der Waals surface area contributed by atoms with Gasteiger partial charge in [0, 0.05) is 35.0 Å². The molecule has 0 aromatic heterocycles. The van der Waals surface area contributed by atoms with Crippen molar-refractivity contribution in [1.82, 2.24) is 0 Å². The summed E-state index contributed by atoms with van der Waals surface area (Å²) in [5, 5.41) is 1.72. The van der Waals surface area contributed by atoms with Gasteiger partial charge in [0.15, 0.2) is 0 Å². The van der Waals surface area contributed by atoms with Gasteiger partial charge in [-0.1, -0.05) is 63.4 Å². The minimum absolute atomic E-state index is 0. The zero-order valence-electron chi connectivity index (χ0n) is 15.9. The maximum atomic E-state index is 3.80. The molecule has 0 radical (unpaired) electrons. The van der Waals surface area contributed by atoms with E-state index < -0.39 is 8.80 Å². The third kappa shape index (κ3) is 3.16. The first-order valence-corrected chi connectivity index (χ1v) is 11.1. The van der Waals surface area contributed by atoms with Crippen molar-refractivity contribution in [3.63, 3.8) is 0 Å². The molecule has 1 unspecified atom stereocenters. The number of hydrogen-bond donors (Lipinski definition) is 0. The van der Waals surface area contributed by atoms with Gasteiger partial charge in [0.1, 0.15) is 0 Å². The monoisotopic (exact) mass is 389 g/mol. The smallest absolute Gasteiger partial charge is 0.0392 e. The molecule has 0 heterocycles. The maximum absolute atomic E-state index is 3.80. The normalized spacial score (nSPS) is 25.7. The molecule has 22 heavy (non-hydrogen) atoms. The molecule has 2 aliphatic rings. The summed E-state index contributed by atoms with van der Waals surface area (Å²) in [7, 11) is -0.785. The van der Waals surface area contributed by atoms with Crippen molar-refractivity contribution in [2.45, 2.75) is 68.0 Å². The molecule has 2 aliphatic carbocycles. The van der Waals surface area contributed by atoms with Crippen LogP contribution in [0.4, 0.5) is 0 Å². The average Bonchev–Trinajstić information content (AvgIpc) is 2.88. The van der Waals surface area contributed by atoms with Crippen LogP contribution in [0.2, 0.25) is 13.1 Å². The molecule has 1 atom stereocenters. The molecule has 0 fully saturated rings. The predicted octanol–water partition coefficient (Wildman–Crippen LogP) is 5.79. The first-order valence-electron chi connectivity index (χ1n) is 8.23. The van der Waals surface area contributed by atoms with Crippen molar-refractivity contribution >= 4 is 8.80 Å². The van der Waals surface area contributed by atoms with Gasteiger partial charge < -0.3 is 0 Å². The van der Waals surface area contributed by atoms with Gasteiger partial charge >= 0.3 is 0 Å². The molecule has 0 N–H and O–H groups in total. The Morgan fingerprint density at radius 3 is 2.05 bits per heavy atom. The Balaban J connectivity index is 0.00000242. The van der Waals surface area contributed by atoms with Gasteiger partial charge in [-0.3, -0.25) is 6.08 Å². The van der Waals surface area contributed by atoms with Crippen molar-refractivity contribution in [3.05, 3.63) is 45.2 Å². The largest absolute Gasteiger partial charge is 0.268 e. The maximum Gasteiger partial charge on any atom is 0.0392 e. The van der Waals surface area contributed by atoms with Crippen LogP contribution in [0.15, 0.2) is 39.1 Å². The van der Waals surface area contributed by atoms with Crippen LogP contribution in [0.25, 0.3) is 0 Å². The van der Waals surface area contributed by atoms with E-state index in [1.54, 1.807) is 10.8 Å². The number of rotatable bonds is 2. The van der Waals surface area contributed by atoms with Gasteiger partial charge in [-0.2, -0.15) is 10.8 Å². The molecule has 0 saturated heterocycles. The second-order valence-corrected chi connectivity index (χ2v) is 11.3. The van der Waals surface area contributed by atoms with Crippen molar-refractivity contribution in [2.24, 2.45) is 10.8 Å². The summed E-state index contributed by atoms with van der Waals surface area (Å²) < 4.78 is 0. The van der Waals surface area contributed by atoms with Crippen LogP contribution in [-0.2, 0) is 26.2 Å². The first kappa shape index (κ1) is 20.1. The van der Waals surface area contributed by atoms with Crippen molar-refractivity contribution in [2.75, 3.05) is 0 Å². The Hall–Kier alpha value is 0.0600. The number of hydrogen-bond acceptors (Lipinski definition) is 0. The third-order valence-electron chi connectivity index (χ3n) is 5.43. The summed E-state index contributed by atoms with van der Waals surface area (Å²) in [6.45, 7) is 21.2. The van der Waals surface area contributed by atoms with E-state index in [2.05, 4.69) is 73.7 Å². The molecule has 2 rings (SSSR count). The van der Waals surface area contributed by atoms with Crippen molar-refractivity contribution in [3.8, 4) is 0 Å². The molecule has 0 spiro atoms. The van der Waals surface area contributed by atoms with Crippen molar-refractivity contribution < 1.29 is 26.2 Å². The Bertz CT molecular complexity index is 594. The second-order valence-electron chi connectivity index (χ2n) is 8.31. The minimum atomic E-state index is -0.785. The average molecular weight is 391 g/mol. The Morgan fingerprint density at radius 2 is 1.68 bits per heavy atom. The van der Waals surface area contributed by atoms with Gasteiger partial charge in [-0.05, 0) is 31.8 Å². The van der Waals surface area contributed by atoms with Crippen LogP contribution < -0.4 is 0 Å². The van der Waals surface area contributed by atoms with Crippen LogP contribution in [0, 0.1) is 16.9 Å². The zero-order valence-corrected chi connectivity index (χ0v) is 19.5. The van der Waals surface area contributed by atoms with Gasteiger partial charge in [0.2, 0.25) is 0 Å². The molecule has 0 aromatic rings. The van der Waals surface area contributed by atoms with Crippen LogP contribution in [0.3, 0.4) is 0 Å².